The Balaban J connectivity index is 2.18. The van der Waals surface area contributed by atoms with Gasteiger partial charge in [0, 0.05) is 12.2 Å². The summed E-state index contributed by atoms with van der Waals surface area (Å²) in [6, 6.07) is 2.37. The van der Waals surface area contributed by atoms with Gasteiger partial charge in [-0.1, -0.05) is 6.42 Å². The van der Waals surface area contributed by atoms with Crippen LogP contribution in [0.3, 0.4) is 0 Å². The lowest BCUT2D eigenvalue weighted by Crippen LogP contribution is -2.27. The molecule has 1 aliphatic carbocycles. The molecule has 1 aromatic rings. The summed E-state index contributed by atoms with van der Waals surface area (Å²) in [5, 5.41) is 0. The first-order chi connectivity index (χ1) is 6.77. The van der Waals surface area contributed by atoms with Crippen molar-refractivity contribution in [2.24, 2.45) is 5.73 Å². The summed E-state index contributed by atoms with van der Waals surface area (Å²) in [6.45, 7) is 0. The molecule has 0 amide bonds. The first kappa shape index (κ1) is 9.46. The highest BCUT2D eigenvalue weighted by Gasteiger charge is 2.21. The lowest BCUT2D eigenvalue weighted by Gasteiger charge is -2.27. The van der Waals surface area contributed by atoms with Crippen LogP contribution in [0.4, 0.5) is 5.69 Å². The maximum absolute atomic E-state index is 5.96. The number of nitrogens with zero attached hydrogens (tertiary/aromatic N) is 1. The van der Waals surface area contributed by atoms with Gasteiger partial charge < -0.3 is 11.5 Å². The maximum Gasteiger partial charge on any atom is 0.0535 e. The van der Waals surface area contributed by atoms with E-state index in [9.17, 15) is 0 Å². The fourth-order valence-corrected chi connectivity index (χ4v) is 2.30. The minimum absolute atomic E-state index is 0.348. The molecule has 14 heavy (non-hydrogen) atoms. The second-order valence-electron chi connectivity index (χ2n) is 4.13. The lowest BCUT2D eigenvalue weighted by molar-refractivity contribution is 0.394. The number of hydrogen-bond acceptors (Lipinski definition) is 3. The van der Waals surface area contributed by atoms with Crippen molar-refractivity contribution in [2.75, 3.05) is 5.73 Å². The van der Waals surface area contributed by atoms with E-state index < -0.39 is 0 Å². The van der Waals surface area contributed by atoms with Gasteiger partial charge in [0.25, 0.3) is 0 Å². The molecule has 0 saturated heterocycles. The van der Waals surface area contributed by atoms with Gasteiger partial charge in [-0.15, -0.1) is 0 Å². The third-order valence-electron chi connectivity index (χ3n) is 3.04. The number of hydrogen-bond donors (Lipinski definition) is 2. The van der Waals surface area contributed by atoms with E-state index in [1.165, 1.54) is 18.4 Å². The van der Waals surface area contributed by atoms with Crippen molar-refractivity contribution in [1.82, 2.24) is 4.98 Å². The second-order valence-corrected chi connectivity index (χ2v) is 4.13. The van der Waals surface area contributed by atoms with Crippen LogP contribution in [0, 0.1) is 0 Å². The van der Waals surface area contributed by atoms with Gasteiger partial charge >= 0.3 is 0 Å². The third-order valence-corrected chi connectivity index (χ3v) is 3.04. The van der Waals surface area contributed by atoms with Crippen LogP contribution >= 0.6 is 0 Å². The van der Waals surface area contributed by atoms with Crippen LogP contribution in [0.1, 0.15) is 37.2 Å². The van der Waals surface area contributed by atoms with E-state index in [0.29, 0.717) is 12.0 Å². The Morgan fingerprint density at radius 2 is 2.21 bits per heavy atom. The Bertz CT molecular complexity index is 311. The third kappa shape index (κ3) is 1.87. The van der Waals surface area contributed by atoms with Crippen LogP contribution in [0.5, 0.6) is 0 Å². The first-order valence-electron chi connectivity index (χ1n) is 5.22. The molecule has 1 fully saturated rings. The average Bonchev–Trinajstić information content (AvgIpc) is 2.18. The fourth-order valence-electron chi connectivity index (χ4n) is 2.30. The second kappa shape index (κ2) is 3.96. The molecular formula is C11H17N3. The van der Waals surface area contributed by atoms with Crippen molar-refractivity contribution in [3.8, 4) is 0 Å². The highest BCUT2D eigenvalue weighted by molar-refractivity contribution is 5.46. The number of nitrogens with two attached hydrogens (primary N) is 2. The topological polar surface area (TPSA) is 64.9 Å². The summed E-state index contributed by atoms with van der Waals surface area (Å²) in [7, 11) is 0. The van der Waals surface area contributed by atoms with Crippen molar-refractivity contribution >= 4 is 5.69 Å². The largest absolute Gasteiger partial charge is 0.397 e. The molecule has 76 valence electrons. The van der Waals surface area contributed by atoms with E-state index in [-0.39, 0.29) is 0 Å². The summed E-state index contributed by atoms with van der Waals surface area (Å²) in [4.78, 5) is 4.00. The van der Waals surface area contributed by atoms with Crippen molar-refractivity contribution in [2.45, 2.75) is 37.6 Å². The Labute approximate surface area is 84.5 Å². The van der Waals surface area contributed by atoms with Gasteiger partial charge in [0.05, 0.1) is 11.9 Å². The van der Waals surface area contributed by atoms with Crippen LogP contribution in [0.25, 0.3) is 0 Å². The number of anilines is 1. The zero-order chi connectivity index (χ0) is 9.97. The van der Waals surface area contributed by atoms with E-state index in [1.54, 1.807) is 6.20 Å². The van der Waals surface area contributed by atoms with Crippen LogP contribution in [-0.4, -0.2) is 11.0 Å². The SMILES string of the molecule is Nc1cnccc1C1CCCC(N)C1. The molecule has 0 spiro atoms. The smallest absolute Gasteiger partial charge is 0.0535 e. The van der Waals surface area contributed by atoms with Crippen molar-refractivity contribution in [1.29, 1.82) is 0 Å². The quantitative estimate of drug-likeness (QED) is 0.709. The van der Waals surface area contributed by atoms with E-state index in [2.05, 4.69) is 4.98 Å². The van der Waals surface area contributed by atoms with Crippen molar-refractivity contribution < 1.29 is 0 Å². The molecule has 4 N–H and O–H groups in total. The summed E-state index contributed by atoms with van der Waals surface area (Å²) < 4.78 is 0. The van der Waals surface area contributed by atoms with Crippen LogP contribution in [0.15, 0.2) is 18.5 Å². The number of rotatable bonds is 1. The molecule has 3 nitrogen and oxygen atoms in total. The lowest BCUT2D eigenvalue weighted by atomic mass is 9.81. The molecule has 3 heteroatoms. The normalized spacial score (nSPS) is 27.5. The summed E-state index contributed by atoms with van der Waals surface area (Å²) in [5.74, 6) is 0.543. The van der Waals surface area contributed by atoms with Crippen LogP contribution in [-0.2, 0) is 0 Å². The predicted molar refractivity (Wildman–Crippen MR) is 57.8 cm³/mol. The number of nitrogen functional groups attached to an aromatic ring is 1. The van der Waals surface area contributed by atoms with Crippen molar-refractivity contribution in [3.63, 3.8) is 0 Å². The fraction of sp³-hybridized carbons (Fsp3) is 0.545. The summed E-state index contributed by atoms with van der Waals surface area (Å²) in [5.41, 5.74) is 13.9. The molecule has 1 aromatic heterocycles. The van der Waals surface area contributed by atoms with E-state index >= 15 is 0 Å². The van der Waals surface area contributed by atoms with Gasteiger partial charge in [-0.3, -0.25) is 4.98 Å². The van der Waals surface area contributed by atoms with Gasteiger partial charge in [0.1, 0.15) is 0 Å². The van der Waals surface area contributed by atoms with Gasteiger partial charge in [-0.25, -0.2) is 0 Å². The molecule has 1 saturated carbocycles. The predicted octanol–water partition coefficient (Wildman–Crippen LogP) is 1.65. The van der Waals surface area contributed by atoms with Crippen LogP contribution < -0.4 is 11.5 Å². The van der Waals surface area contributed by atoms with Gasteiger partial charge in [0.15, 0.2) is 0 Å². The Morgan fingerprint density at radius 3 is 2.93 bits per heavy atom. The zero-order valence-corrected chi connectivity index (χ0v) is 8.32. The molecule has 1 aliphatic rings. The minimum atomic E-state index is 0.348. The molecule has 2 unspecified atom stereocenters. The molecule has 0 bridgehead atoms. The highest BCUT2D eigenvalue weighted by atomic mass is 14.7. The van der Waals surface area contributed by atoms with Crippen molar-refractivity contribution in [3.05, 3.63) is 24.0 Å². The minimum Gasteiger partial charge on any atom is -0.397 e. The van der Waals surface area contributed by atoms with Crippen LogP contribution in [0.2, 0.25) is 0 Å². The number of pyridine rings is 1. The van der Waals surface area contributed by atoms with Gasteiger partial charge in [-0.2, -0.15) is 0 Å². The molecule has 0 aliphatic heterocycles. The molecule has 2 atom stereocenters. The number of aromatic nitrogens is 1. The maximum atomic E-state index is 5.96. The summed E-state index contributed by atoms with van der Waals surface area (Å²) in [6.07, 6.45) is 8.19. The summed E-state index contributed by atoms with van der Waals surface area (Å²) >= 11 is 0. The molecule has 2 rings (SSSR count). The Hall–Kier alpha value is -1.09. The zero-order valence-electron chi connectivity index (χ0n) is 8.32. The standard InChI is InChI=1S/C11H17N3/c12-9-3-1-2-8(6-9)10-4-5-14-7-11(10)13/h4-5,7-9H,1-3,6,12-13H2. The monoisotopic (exact) mass is 191 g/mol. The molecule has 0 radical (unpaired) electrons. The van der Waals surface area contributed by atoms with E-state index in [1.807, 2.05) is 12.3 Å². The van der Waals surface area contributed by atoms with Gasteiger partial charge in [0.2, 0.25) is 0 Å². The highest BCUT2D eigenvalue weighted by Crippen LogP contribution is 2.34. The molecule has 0 aromatic carbocycles. The van der Waals surface area contributed by atoms with E-state index in [0.717, 1.165) is 18.5 Å². The first-order valence-corrected chi connectivity index (χ1v) is 5.22. The Morgan fingerprint density at radius 1 is 1.36 bits per heavy atom. The molecular weight excluding hydrogens is 174 g/mol. The van der Waals surface area contributed by atoms with Gasteiger partial charge in [-0.05, 0) is 36.8 Å². The Kier molecular flexibility index (Phi) is 2.68. The average molecular weight is 191 g/mol. The molecule has 1 heterocycles. The van der Waals surface area contributed by atoms with E-state index in [4.69, 9.17) is 11.5 Å².